The maximum absolute atomic E-state index is 6.18. The molecule has 1 saturated heterocycles. The lowest BCUT2D eigenvalue weighted by Gasteiger charge is -2.20. The van der Waals surface area contributed by atoms with Crippen LogP contribution in [0, 0.1) is 0 Å². The quantitative estimate of drug-likeness (QED) is 0.896. The molecule has 88 valence electrons. The van der Waals surface area contributed by atoms with E-state index < -0.39 is 0 Å². The fourth-order valence-corrected chi connectivity index (χ4v) is 2.57. The fraction of sp³-hybridized carbons (Fsp3) is 0.500. The molecule has 1 aromatic carbocycles. The molecule has 0 amide bonds. The second-order valence-electron chi connectivity index (χ2n) is 4.09. The van der Waals surface area contributed by atoms with Crippen LogP contribution in [0.1, 0.15) is 13.3 Å². The molecule has 4 heteroatoms. The van der Waals surface area contributed by atoms with Gasteiger partial charge in [0.05, 0.1) is 10.7 Å². The molecule has 0 aromatic heterocycles. The van der Waals surface area contributed by atoms with E-state index in [2.05, 4.69) is 17.1 Å². The monoisotopic (exact) mass is 258 g/mol. The van der Waals surface area contributed by atoms with Crippen molar-refractivity contribution in [3.63, 3.8) is 0 Å². The van der Waals surface area contributed by atoms with Crippen molar-refractivity contribution in [2.24, 2.45) is 0 Å². The van der Waals surface area contributed by atoms with Crippen LogP contribution in [0.25, 0.3) is 0 Å². The van der Waals surface area contributed by atoms with E-state index in [1.54, 1.807) is 0 Å². The van der Waals surface area contributed by atoms with Gasteiger partial charge in [0.25, 0.3) is 0 Å². The molecule has 1 aliphatic rings. The summed E-state index contributed by atoms with van der Waals surface area (Å²) in [5, 5.41) is 4.98. The molecule has 1 fully saturated rings. The summed E-state index contributed by atoms with van der Waals surface area (Å²) in [4.78, 5) is 2.29. The Labute approximate surface area is 107 Å². The van der Waals surface area contributed by atoms with E-state index in [0.717, 1.165) is 41.8 Å². The third-order valence-corrected chi connectivity index (χ3v) is 3.48. The van der Waals surface area contributed by atoms with Gasteiger partial charge in [0.2, 0.25) is 0 Å². The first-order valence-corrected chi connectivity index (χ1v) is 6.39. The minimum atomic E-state index is 0.569. The normalized spacial score (nSPS) is 20.4. The van der Waals surface area contributed by atoms with Crippen molar-refractivity contribution in [3.8, 4) is 0 Å². The largest absolute Gasteiger partial charge is 0.369 e. The zero-order valence-electron chi connectivity index (χ0n) is 9.34. The van der Waals surface area contributed by atoms with Gasteiger partial charge in [0, 0.05) is 24.2 Å². The molecule has 1 aliphatic heterocycles. The van der Waals surface area contributed by atoms with E-state index >= 15 is 0 Å². The molecule has 1 atom stereocenters. The van der Waals surface area contributed by atoms with Gasteiger partial charge in [0.1, 0.15) is 0 Å². The summed E-state index contributed by atoms with van der Waals surface area (Å²) < 4.78 is 0. The smallest absolute Gasteiger partial charge is 0.0640 e. The molecule has 0 spiro atoms. The highest BCUT2D eigenvalue weighted by molar-refractivity contribution is 6.35. The second-order valence-corrected chi connectivity index (χ2v) is 4.93. The van der Waals surface area contributed by atoms with Gasteiger partial charge in [0.15, 0.2) is 0 Å². The van der Waals surface area contributed by atoms with Crippen molar-refractivity contribution < 1.29 is 0 Å². The highest BCUT2D eigenvalue weighted by atomic mass is 35.5. The van der Waals surface area contributed by atoms with E-state index in [1.807, 2.05) is 18.2 Å². The van der Waals surface area contributed by atoms with Crippen LogP contribution in [-0.4, -0.2) is 25.7 Å². The maximum atomic E-state index is 6.18. The third-order valence-electron chi connectivity index (χ3n) is 2.93. The Morgan fingerprint density at radius 2 is 2.25 bits per heavy atom. The molecule has 2 rings (SSSR count). The van der Waals surface area contributed by atoms with Gasteiger partial charge in [-0.2, -0.15) is 0 Å². The highest BCUT2D eigenvalue weighted by Crippen LogP contribution is 2.31. The molecule has 1 unspecified atom stereocenters. The minimum Gasteiger partial charge on any atom is -0.369 e. The lowest BCUT2D eigenvalue weighted by Crippen LogP contribution is -2.32. The first kappa shape index (κ1) is 12.0. The molecule has 0 bridgehead atoms. The molecule has 16 heavy (non-hydrogen) atoms. The van der Waals surface area contributed by atoms with Gasteiger partial charge in [-0.3, -0.25) is 0 Å². The number of rotatable bonds is 3. The summed E-state index contributed by atoms with van der Waals surface area (Å²) >= 11 is 12.2. The van der Waals surface area contributed by atoms with Crippen molar-refractivity contribution in [2.75, 3.05) is 24.5 Å². The molecule has 0 aliphatic carbocycles. The number of halogens is 2. The van der Waals surface area contributed by atoms with Crippen molar-refractivity contribution >= 4 is 28.9 Å². The summed E-state index contributed by atoms with van der Waals surface area (Å²) in [5.74, 6) is 0. The van der Waals surface area contributed by atoms with Crippen LogP contribution >= 0.6 is 23.2 Å². The van der Waals surface area contributed by atoms with Gasteiger partial charge >= 0.3 is 0 Å². The molecule has 0 radical (unpaired) electrons. The lowest BCUT2D eigenvalue weighted by atomic mass is 10.2. The number of hydrogen-bond donors (Lipinski definition) is 1. The summed E-state index contributed by atoms with van der Waals surface area (Å²) in [6.07, 6.45) is 1.16. The molecule has 1 N–H and O–H groups in total. The average Bonchev–Trinajstić information content (AvgIpc) is 2.71. The van der Waals surface area contributed by atoms with Crippen LogP contribution in [0.5, 0.6) is 0 Å². The first-order valence-electron chi connectivity index (χ1n) is 5.64. The Hall–Kier alpha value is -0.440. The number of hydrogen-bond acceptors (Lipinski definition) is 2. The van der Waals surface area contributed by atoms with Crippen LogP contribution in [0.15, 0.2) is 18.2 Å². The van der Waals surface area contributed by atoms with Crippen molar-refractivity contribution in [1.29, 1.82) is 0 Å². The van der Waals surface area contributed by atoms with Crippen molar-refractivity contribution in [2.45, 2.75) is 19.4 Å². The standard InChI is InChI=1S/C12H16Cl2N2/c1-2-15-10-5-6-16(8-10)12-7-9(13)3-4-11(12)14/h3-4,7,10,15H,2,5-6,8H2,1H3. The predicted molar refractivity (Wildman–Crippen MR) is 70.8 cm³/mol. The van der Waals surface area contributed by atoms with Crippen LogP contribution in [0.4, 0.5) is 5.69 Å². The second kappa shape index (κ2) is 5.26. The summed E-state index contributed by atoms with van der Waals surface area (Å²) in [6.45, 7) is 5.20. The zero-order chi connectivity index (χ0) is 11.5. The van der Waals surface area contributed by atoms with E-state index in [-0.39, 0.29) is 0 Å². The lowest BCUT2D eigenvalue weighted by molar-refractivity contribution is 0.572. The number of anilines is 1. The maximum Gasteiger partial charge on any atom is 0.0640 e. The van der Waals surface area contributed by atoms with Gasteiger partial charge in [-0.1, -0.05) is 30.1 Å². The Morgan fingerprint density at radius 3 is 3.00 bits per heavy atom. The molecule has 2 nitrogen and oxygen atoms in total. The summed E-state index contributed by atoms with van der Waals surface area (Å²) in [6, 6.07) is 6.20. The average molecular weight is 259 g/mol. The minimum absolute atomic E-state index is 0.569. The van der Waals surface area contributed by atoms with E-state index in [0.29, 0.717) is 6.04 Å². The molecule has 1 aromatic rings. The zero-order valence-corrected chi connectivity index (χ0v) is 10.9. The Morgan fingerprint density at radius 1 is 1.44 bits per heavy atom. The van der Waals surface area contributed by atoms with Crippen LogP contribution < -0.4 is 10.2 Å². The molecular formula is C12H16Cl2N2. The van der Waals surface area contributed by atoms with Crippen molar-refractivity contribution in [3.05, 3.63) is 28.2 Å². The highest BCUT2D eigenvalue weighted by Gasteiger charge is 2.23. The molecular weight excluding hydrogens is 243 g/mol. The number of nitrogens with one attached hydrogen (secondary N) is 1. The van der Waals surface area contributed by atoms with E-state index in [1.165, 1.54) is 0 Å². The van der Waals surface area contributed by atoms with Crippen molar-refractivity contribution in [1.82, 2.24) is 5.32 Å². The topological polar surface area (TPSA) is 15.3 Å². The number of benzene rings is 1. The van der Waals surface area contributed by atoms with E-state index in [4.69, 9.17) is 23.2 Å². The van der Waals surface area contributed by atoms with Crippen LogP contribution in [0.3, 0.4) is 0 Å². The van der Waals surface area contributed by atoms with Gasteiger partial charge in [-0.15, -0.1) is 0 Å². The molecule has 1 heterocycles. The van der Waals surface area contributed by atoms with E-state index in [9.17, 15) is 0 Å². The van der Waals surface area contributed by atoms with Gasteiger partial charge in [-0.05, 0) is 31.2 Å². The van der Waals surface area contributed by atoms with Crippen LogP contribution in [-0.2, 0) is 0 Å². The summed E-state index contributed by atoms with van der Waals surface area (Å²) in [7, 11) is 0. The van der Waals surface area contributed by atoms with Gasteiger partial charge in [-0.25, -0.2) is 0 Å². The number of likely N-dealkylation sites (N-methyl/N-ethyl adjacent to an activating group) is 1. The Bertz CT molecular complexity index is 368. The first-order chi connectivity index (χ1) is 7.70. The third kappa shape index (κ3) is 2.62. The Balaban J connectivity index is 2.11. The number of nitrogens with zero attached hydrogens (tertiary/aromatic N) is 1. The Kier molecular flexibility index (Phi) is 3.95. The fourth-order valence-electron chi connectivity index (χ4n) is 2.16. The van der Waals surface area contributed by atoms with Gasteiger partial charge < -0.3 is 10.2 Å². The molecule has 0 saturated carbocycles. The predicted octanol–water partition coefficient (Wildman–Crippen LogP) is 3.18. The SMILES string of the molecule is CCNC1CCN(c2cc(Cl)ccc2Cl)C1. The summed E-state index contributed by atoms with van der Waals surface area (Å²) in [5.41, 5.74) is 1.05. The van der Waals surface area contributed by atoms with Crippen LogP contribution in [0.2, 0.25) is 10.0 Å².